The first-order valence-corrected chi connectivity index (χ1v) is 9.37. The number of nitro benzene ring substituents is 1. The SMILES string of the molecule is Cc1ccc(N2C(=O)N(CC(=O)Nc3ccc(C)c(C)c3[N+](=O)[O-])C(=O)[C@H]2C)cc1. The summed E-state index contributed by atoms with van der Waals surface area (Å²) in [6, 6.07) is 8.85. The number of imide groups is 1. The van der Waals surface area contributed by atoms with Gasteiger partial charge in [0.15, 0.2) is 0 Å². The number of nitrogens with one attached hydrogen (secondary N) is 1. The van der Waals surface area contributed by atoms with Gasteiger partial charge in [-0.3, -0.25) is 29.5 Å². The topological polar surface area (TPSA) is 113 Å². The lowest BCUT2D eigenvalue weighted by atomic mass is 10.1. The Labute approximate surface area is 173 Å². The minimum absolute atomic E-state index is 0.0237. The van der Waals surface area contributed by atoms with Gasteiger partial charge in [-0.1, -0.05) is 23.8 Å². The average molecular weight is 410 g/mol. The molecule has 1 heterocycles. The zero-order valence-corrected chi connectivity index (χ0v) is 17.1. The van der Waals surface area contributed by atoms with Crippen LogP contribution in [-0.2, 0) is 9.59 Å². The zero-order chi connectivity index (χ0) is 22.2. The summed E-state index contributed by atoms with van der Waals surface area (Å²) in [5, 5.41) is 13.9. The highest BCUT2D eigenvalue weighted by atomic mass is 16.6. The second-order valence-electron chi connectivity index (χ2n) is 7.30. The lowest BCUT2D eigenvalue weighted by Crippen LogP contribution is -2.39. The van der Waals surface area contributed by atoms with Crippen molar-refractivity contribution in [2.24, 2.45) is 0 Å². The van der Waals surface area contributed by atoms with E-state index in [0.29, 0.717) is 16.8 Å². The van der Waals surface area contributed by atoms with E-state index in [1.165, 1.54) is 11.0 Å². The maximum absolute atomic E-state index is 12.8. The normalized spacial score (nSPS) is 16.2. The summed E-state index contributed by atoms with van der Waals surface area (Å²) in [4.78, 5) is 51.0. The van der Waals surface area contributed by atoms with Crippen molar-refractivity contribution in [3.05, 3.63) is 63.2 Å². The number of nitrogens with zero attached hydrogens (tertiary/aromatic N) is 3. The Hall–Kier alpha value is -3.75. The van der Waals surface area contributed by atoms with Gasteiger partial charge in [-0.2, -0.15) is 0 Å². The van der Waals surface area contributed by atoms with Crippen LogP contribution < -0.4 is 10.2 Å². The highest BCUT2D eigenvalue weighted by molar-refractivity contribution is 6.16. The largest absolute Gasteiger partial charge is 0.332 e. The zero-order valence-electron chi connectivity index (χ0n) is 17.1. The van der Waals surface area contributed by atoms with Crippen molar-refractivity contribution in [2.45, 2.75) is 33.7 Å². The van der Waals surface area contributed by atoms with Crippen LogP contribution in [0, 0.1) is 30.9 Å². The molecule has 156 valence electrons. The first-order chi connectivity index (χ1) is 14.1. The molecular formula is C21H22N4O5. The molecule has 1 fully saturated rings. The van der Waals surface area contributed by atoms with Gasteiger partial charge < -0.3 is 5.32 Å². The maximum Gasteiger partial charge on any atom is 0.332 e. The number of urea groups is 1. The molecule has 1 aliphatic rings. The molecule has 9 heteroatoms. The van der Waals surface area contributed by atoms with E-state index in [9.17, 15) is 24.5 Å². The van der Waals surface area contributed by atoms with E-state index >= 15 is 0 Å². The molecule has 0 aliphatic carbocycles. The quantitative estimate of drug-likeness (QED) is 0.462. The molecule has 3 rings (SSSR count). The van der Waals surface area contributed by atoms with Crippen LogP contribution in [0.5, 0.6) is 0 Å². The van der Waals surface area contributed by atoms with Gasteiger partial charge in [-0.25, -0.2) is 4.79 Å². The highest BCUT2D eigenvalue weighted by Crippen LogP contribution is 2.31. The second kappa shape index (κ2) is 7.94. The fraction of sp³-hybridized carbons (Fsp3) is 0.286. The van der Waals surface area contributed by atoms with E-state index in [-0.39, 0.29) is 11.4 Å². The van der Waals surface area contributed by atoms with Crippen molar-refractivity contribution in [3.8, 4) is 0 Å². The molecular weight excluding hydrogens is 388 g/mol. The standard InChI is InChI=1S/C21H22N4O5/c1-12-5-8-16(9-6-12)24-15(4)20(27)23(21(24)28)11-18(26)22-17-10-7-13(2)14(3)19(17)25(29)30/h5-10,15H,11H2,1-4H3,(H,22,26)/t15-/m1/s1. The summed E-state index contributed by atoms with van der Waals surface area (Å²) in [5.41, 5.74) is 2.53. The summed E-state index contributed by atoms with van der Waals surface area (Å²) in [6.07, 6.45) is 0. The van der Waals surface area contributed by atoms with E-state index in [4.69, 9.17) is 0 Å². The van der Waals surface area contributed by atoms with Crippen LogP contribution in [0.25, 0.3) is 0 Å². The molecule has 0 aromatic heterocycles. The van der Waals surface area contributed by atoms with E-state index in [1.54, 1.807) is 39.0 Å². The number of carbonyl (C=O) groups excluding carboxylic acids is 3. The average Bonchev–Trinajstić information content (AvgIpc) is 2.89. The van der Waals surface area contributed by atoms with E-state index in [0.717, 1.165) is 10.5 Å². The maximum atomic E-state index is 12.8. The number of aryl methyl sites for hydroxylation is 2. The number of anilines is 2. The first kappa shape index (κ1) is 21.0. The summed E-state index contributed by atoms with van der Waals surface area (Å²) in [5.74, 6) is -1.20. The summed E-state index contributed by atoms with van der Waals surface area (Å²) in [7, 11) is 0. The Morgan fingerprint density at radius 3 is 2.33 bits per heavy atom. The van der Waals surface area contributed by atoms with Crippen LogP contribution in [0.2, 0.25) is 0 Å². The number of hydrogen-bond acceptors (Lipinski definition) is 5. The minimum Gasteiger partial charge on any atom is -0.319 e. The van der Waals surface area contributed by atoms with Crippen molar-refractivity contribution >= 4 is 34.9 Å². The molecule has 2 aromatic rings. The van der Waals surface area contributed by atoms with Crippen molar-refractivity contribution in [1.82, 2.24) is 4.90 Å². The number of carbonyl (C=O) groups is 3. The lowest BCUT2D eigenvalue weighted by Gasteiger charge is -2.19. The van der Waals surface area contributed by atoms with Gasteiger partial charge in [0.1, 0.15) is 18.3 Å². The minimum atomic E-state index is -0.760. The molecule has 0 unspecified atom stereocenters. The van der Waals surface area contributed by atoms with Gasteiger partial charge in [-0.05, 0) is 51.5 Å². The highest BCUT2D eigenvalue weighted by Gasteiger charge is 2.44. The molecule has 30 heavy (non-hydrogen) atoms. The Balaban J connectivity index is 1.80. The van der Waals surface area contributed by atoms with Crippen molar-refractivity contribution in [2.75, 3.05) is 16.8 Å². The molecule has 0 saturated carbocycles. The van der Waals surface area contributed by atoms with E-state index in [2.05, 4.69) is 5.32 Å². The van der Waals surface area contributed by atoms with Crippen LogP contribution >= 0.6 is 0 Å². The smallest absolute Gasteiger partial charge is 0.319 e. The van der Waals surface area contributed by atoms with Crippen LogP contribution in [0.15, 0.2) is 36.4 Å². The van der Waals surface area contributed by atoms with Crippen LogP contribution in [0.4, 0.5) is 21.9 Å². The number of hydrogen-bond donors (Lipinski definition) is 1. The second-order valence-corrected chi connectivity index (χ2v) is 7.30. The van der Waals surface area contributed by atoms with Crippen LogP contribution in [0.3, 0.4) is 0 Å². The number of nitro groups is 1. The Bertz CT molecular complexity index is 1050. The third kappa shape index (κ3) is 3.73. The fourth-order valence-electron chi connectivity index (χ4n) is 3.38. The predicted octanol–water partition coefficient (Wildman–Crippen LogP) is 3.32. The number of rotatable bonds is 5. The van der Waals surface area contributed by atoms with Crippen LogP contribution in [0.1, 0.15) is 23.6 Å². The molecule has 9 nitrogen and oxygen atoms in total. The van der Waals surface area contributed by atoms with Gasteiger partial charge in [-0.15, -0.1) is 0 Å². The lowest BCUT2D eigenvalue weighted by molar-refractivity contribution is -0.384. The van der Waals surface area contributed by atoms with Gasteiger partial charge in [0, 0.05) is 11.3 Å². The molecule has 0 radical (unpaired) electrons. The Morgan fingerprint density at radius 2 is 1.73 bits per heavy atom. The summed E-state index contributed by atoms with van der Waals surface area (Å²) in [6.45, 7) is 6.29. The molecule has 1 atom stereocenters. The van der Waals surface area contributed by atoms with Gasteiger partial charge in [0.25, 0.3) is 11.6 Å². The van der Waals surface area contributed by atoms with Crippen molar-refractivity contribution in [1.29, 1.82) is 0 Å². The third-order valence-corrected chi connectivity index (χ3v) is 5.22. The monoisotopic (exact) mass is 410 g/mol. The van der Waals surface area contributed by atoms with Gasteiger partial charge in [0.05, 0.1) is 4.92 Å². The molecule has 1 saturated heterocycles. The molecule has 1 N–H and O–H groups in total. The summed E-state index contributed by atoms with van der Waals surface area (Å²) < 4.78 is 0. The van der Waals surface area contributed by atoms with Crippen LogP contribution in [-0.4, -0.2) is 40.3 Å². The number of benzene rings is 2. The molecule has 1 aliphatic heterocycles. The number of amides is 4. The van der Waals surface area contributed by atoms with Crippen molar-refractivity contribution < 1.29 is 19.3 Å². The van der Waals surface area contributed by atoms with Gasteiger partial charge >= 0.3 is 6.03 Å². The molecule has 0 spiro atoms. The fourth-order valence-corrected chi connectivity index (χ4v) is 3.38. The van der Waals surface area contributed by atoms with Crippen molar-refractivity contribution in [3.63, 3.8) is 0 Å². The predicted molar refractivity (Wildman–Crippen MR) is 111 cm³/mol. The molecule has 2 aromatic carbocycles. The first-order valence-electron chi connectivity index (χ1n) is 9.37. The Kier molecular flexibility index (Phi) is 5.55. The Morgan fingerprint density at radius 1 is 1.10 bits per heavy atom. The van der Waals surface area contributed by atoms with E-state index in [1.807, 2.05) is 19.1 Å². The van der Waals surface area contributed by atoms with E-state index < -0.39 is 35.4 Å². The molecule has 0 bridgehead atoms. The molecule has 4 amide bonds. The van der Waals surface area contributed by atoms with Gasteiger partial charge in [0.2, 0.25) is 5.91 Å². The third-order valence-electron chi connectivity index (χ3n) is 5.22. The summed E-state index contributed by atoms with van der Waals surface area (Å²) >= 11 is 0.